The molecule has 0 saturated carbocycles. The number of fused-ring (bicyclic) bond motifs is 1. The first-order valence-electron chi connectivity index (χ1n) is 11.3. The first kappa shape index (κ1) is 22.7. The highest BCUT2D eigenvalue weighted by molar-refractivity contribution is 7.13. The molecule has 1 amide bonds. The van der Waals surface area contributed by atoms with Crippen LogP contribution in [0.1, 0.15) is 18.2 Å². The third-order valence-electron chi connectivity index (χ3n) is 5.27. The molecule has 2 heterocycles. The van der Waals surface area contributed by atoms with Crippen LogP contribution >= 0.6 is 11.3 Å². The minimum absolute atomic E-state index is 0.131. The summed E-state index contributed by atoms with van der Waals surface area (Å²) in [6.45, 7) is 3.12. The van der Waals surface area contributed by atoms with Gasteiger partial charge in [-0.25, -0.2) is 4.98 Å². The van der Waals surface area contributed by atoms with Gasteiger partial charge in [0, 0.05) is 17.1 Å². The zero-order valence-corrected chi connectivity index (χ0v) is 20.0. The van der Waals surface area contributed by atoms with Gasteiger partial charge in [0.2, 0.25) is 12.7 Å². The standard InChI is InChI=1S/C27H24N2O5S/c1-2-31-23-9-4-3-8-22(23)27-29-20(16-35-27)13-26(30)28-19-7-5-6-18(12-19)15-32-21-10-11-24-25(14-21)34-17-33-24/h3-12,14,16H,2,13,15,17H2,1H3,(H,28,30). The van der Waals surface area contributed by atoms with Crippen molar-refractivity contribution in [1.29, 1.82) is 0 Å². The van der Waals surface area contributed by atoms with E-state index < -0.39 is 0 Å². The number of nitrogens with zero attached hydrogens (tertiary/aromatic N) is 1. The molecule has 1 aliphatic rings. The summed E-state index contributed by atoms with van der Waals surface area (Å²) in [5, 5.41) is 5.70. The van der Waals surface area contributed by atoms with E-state index in [2.05, 4.69) is 10.3 Å². The molecule has 0 aliphatic carbocycles. The Bertz CT molecular complexity index is 1340. The number of amides is 1. The molecule has 1 N–H and O–H groups in total. The SMILES string of the molecule is CCOc1ccccc1-c1nc(CC(=O)Nc2cccc(COc3ccc4c(c3)OCO4)c2)cs1. The normalized spacial score (nSPS) is 11.8. The second kappa shape index (κ2) is 10.5. The monoisotopic (exact) mass is 488 g/mol. The summed E-state index contributed by atoms with van der Waals surface area (Å²) in [7, 11) is 0. The number of carbonyl (C=O) groups excluding carboxylic acids is 1. The Morgan fingerprint density at radius 1 is 1.03 bits per heavy atom. The van der Waals surface area contributed by atoms with Crippen molar-refractivity contribution in [2.24, 2.45) is 0 Å². The van der Waals surface area contributed by atoms with E-state index in [1.165, 1.54) is 11.3 Å². The molecule has 0 spiro atoms. The number of hydrogen-bond donors (Lipinski definition) is 1. The summed E-state index contributed by atoms with van der Waals surface area (Å²) in [5.41, 5.74) is 3.29. The fraction of sp³-hybridized carbons (Fsp3) is 0.185. The van der Waals surface area contributed by atoms with Crippen LogP contribution in [0.4, 0.5) is 5.69 Å². The summed E-state index contributed by atoms with van der Waals surface area (Å²) in [5.74, 6) is 2.74. The predicted octanol–water partition coefficient (Wildman–Crippen LogP) is 5.70. The van der Waals surface area contributed by atoms with E-state index in [4.69, 9.17) is 18.9 Å². The summed E-state index contributed by atoms with van der Waals surface area (Å²) in [4.78, 5) is 17.3. The van der Waals surface area contributed by atoms with Gasteiger partial charge in [0.05, 0.1) is 24.3 Å². The second-order valence-electron chi connectivity index (χ2n) is 7.80. The largest absolute Gasteiger partial charge is 0.493 e. The van der Waals surface area contributed by atoms with Crippen LogP contribution in [0.5, 0.6) is 23.0 Å². The van der Waals surface area contributed by atoms with Gasteiger partial charge in [-0.15, -0.1) is 11.3 Å². The van der Waals surface area contributed by atoms with Crippen LogP contribution in [0.15, 0.2) is 72.1 Å². The van der Waals surface area contributed by atoms with E-state index >= 15 is 0 Å². The Balaban J connectivity index is 1.18. The Morgan fingerprint density at radius 3 is 2.83 bits per heavy atom. The number of carbonyl (C=O) groups is 1. The molecule has 0 unspecified atom stereocenters. The van der Waals surface area contributed by atoms with Crippen LogP contribution in [-0.2, 0) is 17.8 Å². The van der Waals surface area contributed by atoms with E-state index in [1.807, 2.05) is 79.0 Å². The van der Waals surface area contributed by atoms with Crippen molar-refractivity contribution >= 4 is 22.9 Å². The van der Waals surface area contributed by atoms with Crippen molar-refractivity contribution in [1.82, 2.24) is 4.98 Å². The number of anilines is 1. The zero-order chi connectivity index (χ0) is 24.0. The molecule has 3 aromatic carbocycles. The quantitative estimate of drug-likeness (QED) is 0.326. The van der Waals surface area contributed by atoms with Crippen LogP contribution in [0.2, 0.25) is 0 Å². The van der Waals surface area contributed by atoms with Crippen LogP contribution in [0.3, 0.4) is 0 Å². The molecule has 0 radical (unpaired) electrons. The second-order valence-corrected chi connectivity index (χ2v) is 8.66. The van der Waals surface area contributed by atoms with Crippen molar-refractivity contribution < 1.29 is 23.7 Å². The highest BCUT2D eigenvalue weighted by atomic mass is 32.1. The van der Waals surface area contributed by atoms with E-state index in [9.17, 15) is 4.79 Å². The number of thiazole rings is 1. The minimum atomic E-state index is -0.131. The van der Waals surface area contributed by atoms with Gasteiger partial charge in [0.25, 0.3) is 0 Å². The van der Waals surface area contributed by atoms with Crippen molar-refractivity contribution in [3.63, 3.8) is 0 Å². The smallest absolute Gasteiger partial charge is 0.231 e. The lowest BCUT2D eigenvalue weighted by Gasteiger charge is -2.09. The van der Waals surface area contributed by atoms with Crippen molar-refractivity contribution in [2.45, 2.75) is 20.0 Å². The maximum Gasteiger partial charge on any atom is 0.231 e. The van der Waals surface area contributed by atoms with E-state index in [1.54, 1.807) is 0 Å². The number of aromatic nitrogens is 1. The highest BCUT2D eigenvalue weighted by Gasteiger charge is 2.15. The lowest BCUT2D eigenvalue weighted by Crippen LogP contribution is -2.14. The molecule has 4 aromatic rings. The van der Waals surface area contributed by atoms with Crippen LogP contribution < -0.4 is 24.3 Å². The summed E-state index contributed by atoms with van der Waals surface area (Å²) in [6, 6.07) is 20.9. The molecular formula is C27H24N2O5S. The molecule has 8 heteroatoms. The highest BCUT2D eigenvalue weighted by Crippen LogP contribution is 2.35. The minimum Gasteiger partial charge on any atom is -0.493 e. The third-order valence-corrected chi connectivity index (χ3v) is 6.20. The molecule has 0 atom stereocenters. The number of nitrogens with one attached hydrogen (secondary N) is 1. The molecule has 1 aliphatic heterocycles. The van der Waals surface area contributed by atoms with Crippen molar-refractivity contribution in [3.05, 3.63) is 83.4 Å². The Morgan fingerprint density at radius 2 is 1.91 bits per heavy atom. The number of ether oxygens (including phenoxy) is 4. The summed E-state index contributed by atoms with van der Waals surface area (Å²) in [6.07, 6.45) is 0.186. The van der Waals surface area contributed by atoms with E-state index in [0.717, 1.165) is 27.6 Å². The summed E-state index contributed by atoms with van der Waals surface area (Å²) < 4.78 is 22.3. The molecule has 0 saturated heterocycles. The van der Waals surface area contributed by atoms with E-state index in [0.29, 0.717) is 36.1 Å². The molecule has 5 rings (SSSR count). The Hall–Kier alpha value is -4.04. The topological polar surface area (TPSA) is 78.9 Å². The maximum absolute atomic E-state index is 12.7. The molecule has 0 fully saturated rings. The predicted molar refractivity (Wildman–Crippen MR) is 134 cm³/mol. The molecule has 0 bridgehead atoms. The number of benzene rings is 3. The van der Waals surface area contributed by atoms with Crippen LogP contribution in [-0.4, -0.2) is 24.3 Å². The maximum atomic E-state index is 12.7. The van der Waals surface area contributed by atoms with Gasteiger partial charge in [0.15, 0.2) is 11.5 Å². The first-order valence-corrected chi connectivity index (χ1v) is 12.1. The molecular weight excluding hydrogens is 464 g/mol. The van der Waals surface area contributed by atoms with Crippen molar-refractivity contribution in [3.8, 4) is 33.6 Å². The molecule has 7 nitrogen and oxygen atoms in total. The number of hydrogen-bond acceptors (Lipinski definition) is 7. The number of rotatable bonds is 9. The van der Waals surface area contributed by atoms with E-state index in [-0.39, 0.29) is 19.1 Å². The zero-order valence-electron chi connectivity index (χ0n) is 19.2. The molecule has 1 aromatic heterocycles. The lowest BCUT2D eigenvalue weighted by molar-refractivity contribution is -0.115. The molecule has 178 valence electrons. The van der Waals surface area contributed by atoms with Gasteiger partial charge in [-0.1, -0.05) is 24.3 Å². The van der Waals surface area contributed by atoms with Crippen molar-refractivity contribution in [2.75, 3.05) is 18.7 Å². The third kappa shape index (κ3) is 5.55. The Labute approximate surface area is 207 Å². The fourth-order valence-corrected chi connectivity index (χ4v) is 4.53. The fourth-order valence-electron chi connectivity index (χ4n) is 3.68. The number of para-hydroxylation sites is 1. The van der Waals surface area contributed by atoms with Gasteiger partial charge < -0.3 is 24.3 Å². The van der Waals surface area contributed by atoms with Gasteiger partial charge in [-0.05, 0) is 48.9 Å². The Kier molecular flexibility index (Phi) is 6.81. The molecule has 35 heavy (non-hydrogen) atoms. The van der Waals surface area contributed by atoms with Crippen LogP contribution in [0, 0.1) is 0 Å². The van der Waals surface area contributed by atoms with Gasteiger partial charge in [-0.2, -0.15) is 0 Å². The lowest BCUT2D eigenvalue weighted by atomic mass is 10.2. The first-order chi connectivity index (χ1) is 17.2. The van der Waals surface area contributed by atoms with Crippen LogP contribution in [0.25, 0.3) is 10.6 Å². The van der Waals surface area contributed by atoms with Gasteiger partial charge >= 0.3 is 0 Å². The average molecular weight is 489 g/mol. The van der Waals surface area contributed by atoms with Gasteiger partial charge in [0.1, 0.15) is 23.1 Å². The van der Waals surface area contributed by atoms with Gasteiger partial charge in [-0.3, -0.25) is 4.79 Å². The average Bonchev–Trinajstić information content (AvgIpc) is 3.53. The summed E-state index contributed by atoms with van der Waals surface area (Å²) >= 11 is 1.50.